The van der Waals surface area contributed by atoms with Crippen molar-refractivity contribution >= 4 is 5.69 Å². The van der Waals surface area contributed by atoms with Gasteiger partial charge in [-0.25, -0.2) is 4.39 Å². The predicted octanol–water partition coefficient (Wildman–Crippen LogP) is 4.14. The van der Waals surface area contributed by atoms with Gasteiger partial charge in [-0.05, 0) is 58.4 Å². The van der Waals surface area contributed by atoms with Gasteiger partial charge >= 0.3 is 0 Å². The minimum absolute atomic E-state index is 0.139. The molecule has 20 heavy (non-hydrogen) atoms. The molecule has 0 fully saturated rings. The maximum atomic E-state index is 13.3. The molecular formula is C16H22FN3. The van der Waals surface area contributed by atoms with E-state index in [9.17, 15) is 4.39 Å². The standard InChI is InChI=1S/C16H22FN3/c1-6-20-13(5)16(12(4)19-20)11(3)18-14-7-8-15(17)10(2)9-14/h7-9,11,18H,6H2,1-5H3. The number of nitrogens with zero attached hydrogens (tertiary/aromatic N) is 2. The summed E-state index contributed by atoms with van der Waals surface area (Å²) in [7, 11) is 0. The fourth-order valence-electron chi connectivity index (χ4n) is 2.70. The molecule has 2 rings (SSSR count). The summed E-state index contributed by atoms with van der Waals surface area (Å²) >= 11 is 0. The molecule has 0 saturated heterocycles. The molecule has 0 radical (unpaired) electrons. The number of aromatic nitrogens is 2. The number of hydrogen-bond acceptors (Lipinski definition) is 2. The molecule has 0 spiro atoms. The zero-order chi connectivity index (χ0) is 14.9. The van der Waals surface area contributed by atoms with Crippen LogP contribution in [0.4, 0.5) is 10.1 Å². The summed E-state index contributed by atoms with van der Waals surface area (Å²) in [6.45, 7) is 11.0. The minimum Gasteiger partial charge on any atom is -0.378 e. The first-order valence-electron chi connectivity index (χ1n) is 7.00. The lowest BCUT2D eigenvalue weighted by Gasteiger charge is -2.17. The highest BCUT2D eigenvalue weighted by Gasteiger charge is 2.17. The second-order valence-electron chi connectivity index (χ2n) is 5.23. The maximum absolute atomic E-state index is 13.3. The van der Waals surface area contributed by atoms with Crippen LogP contribution >= 0.6 is 0 Å². The normalized spacial score (nSPS) is 12.5. The van der Waals surface area contributed by atoms with E-state index in [-0.39, 0.29) is 11.9 Å². The molecule has 0 amide bonds. The zero-order valence-corrected chi connectivity index (χ0v) is 12.8. The van der Waals surface area contributed by atoms with Gasteiger partial charge in [-0.3, -0.25) is 4.68 Å². The van der Waals surface area contributed by atoms with Crippen molar-refractivity contribution in [2.75, 3.05) is 5.32 Å². The van der Waals surface area contributed by atoms with Gasteiger partial charge < -0.3 is 5.32 Å². The molecule has 108 valence electrons. The van der Waals surface area contributed by atoms with Crippen LogP contribution in [0.15, 0.2) is 18.2 Å². The van der Waals surface area contributed by atoms with Crippen LogP contribution < -0.4 is 5.32 Å². The number of benzene rings is 1. The first-order valence-corrected chi connectivity index (χ1v) is 7.00. The highest BCUT2D eigenvalue weighted by molar-refractivity contribution is 5.48. The van der Waals surface area contributed by atoms with Gasteiger partial charge in [-0.2, -0.15) is 5.10 Å². The molecule has 0 aliphatic carbocycles. The summed E-state index contributed by atoms with van der Waals surface area (Å²) in [4.78, 5) is 0. The van der Waals surface area contributed by atoms with Crippen LogP contribution in [0.25, 0.3) is 0 Å². The maximum Gasteiger partial charge on any atom is 0.126 e. The fraction of sp³-hybridized carbons (Fsp3) is 0.438. The smallest absolute Gasteiger partial charge is 0.126 e. The molecule has 2 aromatic rings. The third kappa shape index (κ3) is 2.69. The molecule has 1 N–H and O–H groups in total. The summed E-state index contributed by atoms with van der Waals surface area (Å²) in [5, 5.41) is 7.96. The number of halogens is 1. The van der Waals surface area contributed by atoms with Gasteiger partial charge in [0.2, 0.25) is 0 Å². The minimum atomic E-state index is -0.172. The monoisotopic (exact) mass is 275 g/mol. The van der Waals surface area contributed by atoms with E-state index >= 15 is 0 Å². The Morgan fingerprint density at radius 2 is 2.00 bits per heavy atom. The Morgan fingerprint density at radius 1 is 1.30 bits per heavy atom. The third-order valence-corrected chi connectivity index (χ3v) is 3.71. The fourth-order valence-corrected chi connectivity index (χ4v) is 2.70. The van der Waals surface area contributed by atoms with E-state index in [1.807, 2.05) is 17.7 Å². The average molecular weight is 275 g/mol. The second-order valence-corrected chi connectivity index (χ2v) is 5.23. The Kier molecular flexibility index (Phi) is 4.12. The van der Waals surface area contributed by atoms with Crippen LogP contribution in [-0.4, -0.2) is 9.78 Å². The number of anilines is 1. The summed E-state index contributed by atoms with van der Waals surface area (Å²) in [5.41, 5.74) is 5.03. The first kappa shape index (κ1) is 14.6. The number of nitrogens with one attached hydrogen (secondary N) is 1. The SMILES string of the molecule is CCn1nc(C)c(C(C)Nc2ccc(F)c(C)c2)c1C. The molecule has 1 unspecified atom stereocenters. The summed E-state index contributed by atoms with van der Waals surface area (Å²) in [6, 6.07) is 5.24. The Labute approximate surface area is 119 Å². The van der Waals surface area contributed by atoms with Crippen LogP contribution in [0.2, 0.25) is 0 Å². The Morgan fingerprint density at radius 3 is 2.55 bits per heavy atom. The first-order chi connectivity index (χ1) is 9.43. The Balaban J connectivity index is 2.25. The number of aryl methyl sites for hydroxylation is 3. The van der Waals surface area contributed by atoms with Crippen LogP contribution in [-0.2, 0) is 6.54 Å². The number of rotatable bonds is 4. The number of hydrogen-bond donors (Lipinski definition) is 1. The molecule has 1 heterocycles. The molecule has 4 heteroatoms. The van der Waals surface area contributed by atoms with Crippen LogP contribution in [0.5, 0.6) is 0 Å². The second kappa shape index (κ2) is 5.65. The highest BCUT2D eigenvalue weighted by atomic mass is 19.1. The Bertz CT molecular complexity index is 616. The molecule has 1 aromatic carbocycles. The van der Waals surface area contributed by atoms with E-state index in [1.165, 1.54) is 17.3 Å². The molecule has 0 bridgehead atoms. The van der Waals surface area contributed by atoms with Crippen molar-refractivity contribution in [2.45, 2.75) is 47.2 Å². The Hall–Kier alpha value is -1.84. The van der Waals surface area contributed by atoms with Crippen molar-refractivity contribution in [3.8, 4) is 0 Å². The van der Waals surface area contributed by atoms with Crippen molar-refractivity contribution in [1.29, 1.82) is 0 Å². The van der Waals surface area contributed by atoms with Crippen molar-refractivity contribution in [1.82, 2.24) is 9.78 Å². The topological polar surface area (TPSA) is 29.9 Å². The molecule has 1 atom stereocenters. The van der Waals surface area contributed by atoms with Gasteiger partial charge in [0.05, 0.1) is 11.7 Å². The van der Waals surface area contributed by atoms with E-state index in [1.54, 1.807) is 13.0 Å². The van der Waals surface area contributed by atoms with Gasteiger partial charge in [0, 0.05) is 23.5 Å². The molecule has 0 saturated carbocycles. The summed E-state index contributed by atoms with van der Waals surface area (Å²) in [5.74, 6) is -0.172. The van der Waals surface area contributed by atoms with Crippen molar-refractivity contribution < 1.29 is 4.39 Å². The van der Waals surface area contributed by atoms with Crippen LogP contribution in [0, 0.1) is 26.6 Å². The lowest BCUT2D eigenvalue weighted by atomic mass is 10.1. The van der Waals surface area contributed by atoms with E-state index in [4.69, 9.17) is 0 Å². The largest absolute Gasteiger partial charge is 0.378 e. The quantitative estimate of drug-likeness (QED) is 0.908. The molecule has 3 nitrogen and oxygen atoms in total. The van der Waals surface area contributed by atoms with Gasteiger partial charge in [0.1, 0.15) is 5.82 Å². The van der Waals surface area contributed by atoms with Gasteiger partial charge in [-0.15, -0.1) is 0 Å². The molecule has 1 aromatic heterocycles. The zero-order valence-electron chi connectivity index (χ0n) is 12.8. The molecule has 0 aliphatic rings. The van der Waals surface area contributed by atoms with Gasteiger partial charge in [-0.1, -0.05) is 0 Å². The summed E-state index contributed by atoms with van der Waals surface area (Å²) in [6.07, 6.45) is 0. The van der Waals surface area contributed by atoms with Crippen molar-refractivity contribution in [3.63, 3.8) is 0 Å². The van der Waals surface area contributed by atoms with E-state index in [0.29, 0.717) is 5.56 Å². The molecular weight excluding hydrogens is 253 g/mol. The van der Waals surface area contributed by atoms with Crippen molar-refractivity contribution in [3.05, 3.63) is 46.5 Å². The molecule has 0 aliphatic heterocycles. The third-order valence-electron chi connectivity index (χ3n) is 3.71. The predicted molar refractivity (Wildman–Crippen MR) is 80.5 cm³/mol. The average Bonchev–Trinajstić information content (AvgIpc) is 2.68. The van der Waals surface area contributed by atoms with Gasteiger partial charge in [0.15, 0.2) is 0 Å². The lowest BCUT2D eigenvalue weighted by Crippen LogP contribution is -2.09. The summed E-state index contributed by atoms with van der Waals surface area (Å²) < 4.78 is 15.3. The van der Waals surface area contributed by atoms with Crippen LogP contribution in [0.1, 0.15) is 42.4 Å². The van der Waals surface area contributed by atoms with E-state index in [0.717, 1.165) is 17.9 Å². The van der Waals surface area contributed by atoms with E-state index in [2.05, 4.69) is 31.2 Å². The van der Waals surface area contributed by atoms with E-state index < -0.39 is 0 Å². The lowest BCUT2D eigenvalue weighted by molar-refractivity contribution is 0.618. The highest BCUT2D eigenvalue weighted by Crippen LogP contribution is 2.25. The van der Waals surface area contributed by atoms with Gasteiger partial charge in [0.25, 0.3) is 0 Å². The van der Waals surface area contributed by atoms with Crippen LogP contribution in [0.3, 0.4) is 0 Å². The van der Waals surface area contributed by atoms with Crippen molar-refractivity contribution in [2.24, 2.45) is 0 Å².